The summed E-state index contributed by atoms with van der Waals surface area (Å²) in [5, 5.41) is 0.741. The van der Waals surface area contributed by atoms with Crippen molar-refractivity contribution >= 4 is 26.8 Å². The lowest BCUT2D eigenvalue weighted by molar-refractivity contribution is 0.170. The molecule has 1 aliphatic heterocycles. The molecule has 0 unspecified atom stereocenters. The standard InChI is InChI=1S/C24H26N6O3S/c1-3-17-13-27-24(28-14-17)29-9-7-19(8-10-29)33-20-4-5-22(25-15-20)30-11-6-18-12-21(34(2,31)32)16-26-23(18)30/h4-6,11-16,19H,3,7-10H2,1-2H3. The monoisotopic (exact) mass is 478 g/mol. The number of nitrogens with zero attached hydrogens (tertiary/aromatic N) is 6. The molecular formula is C24H26N6O3S. The predicted molar refractivity (Wildman–Crippen MR) is 129 cm³/mol. The number of ether oxygens (including phenoxy) is 1. The van der Waals surface area contributed by atoms with E-state index in [1.165, 1.54) is 12.5 Å². The minimum absolute atomic E-state index is 0.113. The Kier molecular flexibility index (Phi) is 5.91. The molecule has 0 spiro atoms. The van der Waals surface area contributed by atoms with Gasteiger partial charge in [-0.3, -0.25) is 4.57 Å². The van der Waals surface area contributed by atoms with Gasteiger partial charge in [-0.15, -0.1) is 0 Å². The minimum Gasteiger partial charge on any atom is -0.489 e. The van der Waals surface area contributed by atoms with Crippen LogP contribution < -0.4 is 9.64 Å². The molecule has 0 aromatic carbocycles. The molecule has 0 amide bonds. The Morgan fingerprint density at radius 2 is 1.76 bits per heavy atom. The van der Waals surface area contributed by atoms with Crippen molar-refractivity contribution in [2.45, 2.75) is 37.2 Å². The highest BCUT2D eigenvalue weighted by molar-refractivity contribution is 7.90. The Balaban J connectivity index is 1.23. The highest BCUT2D eigenvalue weighted by Crippen LogP contribution is 2.24. The van der Waals surface area contributed by atoms with Crippen LogP contribution in [0, 0.1) is 0 Å². The van der Waals surface area contributed by atoms with E-state index >= 15 is 0 Å². The molecule has 0 radical (unpaired) electrons. The van der Waals surface area contributed by atoms with Crippen LogP contribution in [-0.2, 0) is 16.3 Å². The third-order valence-electron chi connectivity index (χ3n) is 6.02. The maximum Gasteiger partial charge on any atom is 0.225 e. The summed E-state index contributed by atoms with van der Waals surface area (Å²) in [5.41, 5.74) is 1.79. The molecule has 0 atom stereocenters. The largest absolute Gasteiger partial charge is 0.489 e. The van der Waals surface area contributed by atoms with Crippen LogP contribution in [0.15, 0.2) is 60.1 Å². The van der Waals surface area contributed by atoms with Crippen molar-refractivity contribution < 1.29 is 13.2 Å². The molecule has 1 saturated heterocycles. The average Bonchev–Trinajstić information content (AvgIpc) is 3.28. The van der Waals surface area contributed by atoms with Gasteiger partial charge in [0.1, 0.15) is 23.3 Å². The normalized spacial score (nSPS) is 15.1. The first kappa shape index (κ1) is 22.3. The number of anilines is 1. The molecule has 34 heavy (non-hydrogen) atoms. The van der Waals surface area contributed by atoms with E-state index in [4.69, 9.17) is 4.74 Å². The van der Waals surface area contributed by atoms with Gasteiger partial charge in [0.25, 0.3) is 0 Å². The number of aromatic nitrogens is 5. The number of hydrogen-bond donors (Lipinski definition) is 0. The molecule has 0 aliphatic carbocycles. The molecule has 0 saturated carbocycles. The van der Waals surface area contributed by atoms with E-state index in [1.807, 2.05) is 41.4 Å². The molecule has 4 aromatic rings. The summed E-state index contributed by atoms with van der Waals surface area (Å²) >= 11 is 0. The topological polar surface area (TPSA) is 103 Å². The summed E-state index contributed by atoms with van der Waals surface area (Å²) in [6.07, 6.45) is 12.7. The second kappa shape index (κ2) is 9.02. The summed E-state index contributed by atoms with van der Waals surface area (Å²) in [4.78, 5) is 20.2. The highest BCUT2D eigenvalue weighted by Gasteiger charge is 2.22. The van der Waals surface area contributed by atoms with E-state index < -0.39 is 9.84 Å². The molecule has 1 fully saturated rings. The van der Waals surface area contributed by atoms with Gasteiger partial charge in [-0.1, -0.05) is 6.92 Å². The molecule has 10 heteroatoms. The number of hydrogen-bond acceptors (Lipinski definition) is 8. The van der Waals surface area contributed by atoms with Gasteiger partial charge in [0, 0.05) is 62.4 Å². The van der Waals surface area contributed by atoms with Gasteiger partial charge in [0.05, 0.1) is 11.1 Å². The van der Waals surface area contributed by atoms with Gasteiger partial charge < -0.3 is 9.64 Å². The zero-order valence-corrected chi connectivity index (χ0v) is 19.9. The second-order valence-electron chi connectivity index (χ2n) is 8.44. The summed E-state index contributed by atoms with van der Waals surface area (Å²) in [6.45, 7) is 3.78. The molecule has 9 nitrogen and oxygen atoms in total. The molecule has 5 rings (SSSR count). The van der Waals surface area contributed by atoms with Gasteiger partial charge in [-0.25, -0.2) is 28.4 Å². The van der Waals surface area contributed by atoms with Crippen LogP contribution >= 0.6 is 0 Å². The van der Waals surface area contributed by atoms with Crippen LogP contribution in [0.4, 0.5) is 5.95 Å². The fraction of sp³-hybridized carbons (Fsp3) is 0.333. The van der Waals surface area contributed by atoms with E-state index in [1.54, 1.807) is 12.3 Å². The first-order valence-corrected chi connectivity index (χ1v) is 13.2. The van der Waals surface area contributed by atoms with Crippen LogP contribution in [0.5, 0.6) is 5.75 Å². The van der Waals surface area contributed by atoms with E-state index in [0.29, 0.717) is 11.5 Å². The molecule has 0 bridgehead atoms. The maximum absolute atomic E-state index is 11.8. The smallest absolute Gasteiger partial charge is 0.225 e. The van der Waals surface area contributed by atoms with Crippen LogP contribution in [0.3, 0.4) is 0 Å². The number of piperidine rings is 1. The zero-order chi connectivity index (χ0) is 23.7. The number of rotatable bonds is 6. The fourth-order valence-corrected chi connectivity index (χ4v) is 4.62. The number of sulfone groups is 1. The number of aryl methyl sites for hydroxylation is 1. The van der Waals surface area contributed by atoms with E-state index in [0.717, 1.165) is 55.0 Å². The van der Waals surface area contributed by atoms with E-state index in [-0.39, 0.29) is 11.0 Å². The van der Waals surface area contributed by atoms with Crippen LogP contribution in [0.1, 0.15) is 25.3 Å². The Labute approximate surface area is 198 Å². The Morgan fingerprint density at radius 1 is 1.00 bits per heavy atom. The SMILES string of the molecule is CCc1cnc(N2CCC(Oc3ccc(-n4ccc5cc(S(C)(=O)=O)cnc54)nc3)CC2)nc1. The third kappa shape index (κ3) is 4.58. The number of pyridine rings is 2. The van der Waals surface area contributed by atoms with Crippen molar-refractivity contribution in [2.75, 3.05) is 24.2 Å². The predicted octanol–water partition coefficient (Wildman–Crippen LogP) is 3.22. The van der Waals surface area contributed by atoms with Crippen LogP contribution in [-0.4, -0.2) is 58.4 Å². The Hall–Kier alpha value is -3.53. The summed E-state index contributed by atoms with van der Waals surface area (Å²) < 4.78 is 31.6. The van der Waals surface area contributed by atoms with Crippen molar-refractivity contribution in [3.8, 4) is 11.6 Å². The Morgan fingerprint density at radius 3 is 2.41 bits per heavy atom. The van der Waals surface area contributed by atoms with Gasteiger partial charge >= 0.3 is 0 Å². The fourth-order valence-electron chi connectivity index (χ4n) is 4.04. The summed E-state index contributed by atoms with van der Waals surface area (Å²) in [7, 11) is -3.31. The molecule has 4 aromatic heterocycles. The average molecular weight is 479 g/mol. The molecule has 1 aliphatic rings. The third-order valence-corrected chi connectivity index (χ3v) is 7.10. The van der Waals surface area contributed by atoms with E-state index in [2.05, 4.69) is 31.8 Å². The highest BCUT2D eigenvalue weighted by atomic mass is 32.2. The maximum atomic E-state index is 11.8. The van der Waals surface area contributed by atoms with Gasteiger partial charge in [0.2, 0.25) is 5.95 Å². The van der Waals surface area contributed by atoms with Gasteiger partial charge in [0.15, 0.2) is 9.84 Å². The first-order chi connectivity index (χ1) is 16.4. The van der Waals surface area contributed by atoms with Gasteiger partial charge in [-0.2, -0.15) is 0 Å². The van der Waals surface area contributed by atoms with Crippen LogP contribution in [0.25, 0.3) is 16.9 Å². The minimum atomic E-state index is -3.31. The molecular weight excluding hydrogens is 452 g/mol. The van der Waals surface area contributed by atoms with Crippen molar-refractivity contribution in [3.05, 3.63) is 60.8 Å². The lowest BCUT2D eigenvalue weighted by Gasteiger charge is -2.32. The molecule has 0 N–H and O–H groups in total. The number of fused-ring (bicyclic) bond motifs is 1. The lowest BCUT2D eigenvalue weighted by Crippen LogP contribution is -2.39. The van der Waals surface area contributed by atoms with Crippen molar-refractivity contribution in [1.29, 1.82) is 0 Å². The van der Waals surface area contributed by atoms with Crippen LogP contribution in [0.2, 0.25) is 0 Å². The first-order valence-electron chi connectivity index (χ1n) is 11.3. The zero-order valence-electron chi connectivity index (χ0n) is 19.1. The second-order valence-corrected chi connectivity index (χ2v) is 10.5. The van der Waals surface area contributed by atoms with Crippen molar-refractivity contribution in [3.63, 3.8) is 0 Å². The van der Waals surface area contributed by atoms with E-state index in [9.17, 15) is 8.42 Å². The van der Waals surface area contributed by atoms with Gasteiger partial charge in [-0.05, 0) is 36.2 Å². The van der Waals surface area contributed by atoms with Crippen molar-refractivity contribution in [2.24, 2.45) is 0 Å². The molecule has 5 heterocycles. The lowest BCUT2D eigenvalue weighted by atomic mass is 10.1. The Bertz CT molecular complexity index is 1390. The summed E-state index contributed by atoms with van der Waals surface area (Å²) in [6, 6.07) is 7.23. The molecule has 176 valence electrons. The quantitative estimate of drug-likeness (QED) is 0.416. The van der Waals surface area contributed by atoms with Crippen molar-refractivity contribution in [1.82, 2.24) is 24.5 Å². The summed E-state index contributed by atoms with van der Waals surface area (Å²) in [5.74, 6) is 2.18.